The van der Waals surface area contributed by atoms with Crippen LogP contribution in [0.2, 0.25) is 0 Å². The first-order valence-corrected chi connectivity index (χ1v) is 5.44. The lowest BCUT2D eigenvalue weighted by Crippen LogP contribution is -2.38. The third-order valence-corrected chi connectivity index (χ3v) is 2.67. The van der Waals surface area contributed by atoms with Crippen molar-refractivity contribution in [1.82, 2.24) is 5.32 Å². The number of hydrogen-bond acceptors (Lipinski definition) is 2. The predicted molar refractivity (Wildman–Crippen MR) is 58.0 cm³/mol. The first-order valence-electron chi connectivity index (χ1n) is 5.44. The van der Waals surface area contributed by atoms with E-state index in [1.165, 1.54) is 0 Å². The molecule has 0 heterocycles. The summed E-state index contributed by atoms with van der Waals surface area (Å²) in [6, 6.07) is 0.115. The molecule has 1 aliphatic rings. The molecule has 0 aromatic carbocycles. The number of amides is 1. The Morgan fingerprint density at radius 3 is 2.67 bits per heavy atom. The van der Waals surface area contributed by atoms with Gasteiger partial charge in [-0.1, -0.05) is 12.2 Å². The normalized spacial score (nSPS) is 26.7. The number of carboxylic acid groups (broad SMARTS) is 1. The molecule has 4 nitrogen and oxygen atoms in total. The fourth-order valence-corrected chi connectivity index (χ4v) is 1.84. The van der Waals surface area contributed by atoms with E-state index in [1.54, 1.807) is 0 Å². The summed E-state index contributed by atoms with van der Waals surface area (Å²) in [5.74, 6) is 0. The van der Waals surface area contributed by atoms with E-state index in [4.69, 9.17) is 9.84 Å². The van der Waals surface area contributed by atoms with Crippen molar-refractivity contribution in [2.45, 2.75) is 44.8 Å². The molecule has 0 unspecified atom stereocenters. The minimum Gasteiger partial charge on any atom is -0.465 e. The fraction of sp³-hybridized carbons (Fsp3) is 0.727. The van der Waals surface area contributed by atoms with E-state index < -0.39 is 6.09 Å². The third kappa shape index (κ3) is 4.83. The highest BCUT2D eigenvalue weighted by molar-refractivity contribution is 5.64. The number of carbonyl (C=O) groups is 1. The molecular formula is C11H19NO3. The van der Waals surface area contributed by atoms with Gasteiger partial charge in [0.2, 0.25) is 0 Å². The van der Waals surface area contributed by atoms with E-state index >= 15 is 0 Å². The van der Waals surface area contributed by atoms with Gasteiger partial charge in [0, 0.05) is 6.04 Å². The van der Waals surface area contributed by atoms with Crippen LogP contribution in [0.3, 0.4) is 0 Å². The van der Waals surface area contributed by atoms with Crippen LogP contribution in [0.25, 0.3) is 0 Å². The van der Waals surface area contributed by atoms with E-state index in [9.17, 15) is 4.79 Å². The SMILES string of the molecule is CC=CCO[C@H]1CC[C@H](NC(=O)O)CC1. The molecular weight excluding hydrogens is 194 g/mol. The first kappa shape index (κ1) is 12.0. The summed E-state index contributed by atoms with van der Waals surface area (Å²) in [6.07, 6.45) is 6.99. The van der Waals surface area contributed by atoms with Crippen molar-refractivity contribution in [1.29, 1.82) is 0 Å². The molecule has 0 atom stereocenters. The molecule has 0 aromatic heterocycles. The Balaban J connectivity index is 2.15. The van der Waals surface area contributed by atoms with Crippen LogP contribution in [0.15, 0.2) is 12.2 Å². The molecule has 1 fully saturated rings. The van der Waals surface area contributed by atoms with Gasteiger partial charge in [-0.15, -0.1) is 0 Å². The van der Waals surface area contributed by atoms with Gasteiger partial charge in [0.25, 0.3) is 0 Å². The highest BCUT2D eigenvalue weighted by Crippen LogP contribution is 2.21. The van der Waals surface area contributed by atoms with Crippen LogP contribution in [0.5, 0.6) is 0 Å². The Morgan fingerprint density at radius 1 is 1.47 bits per heavy atom. The second-order valence-electron chi connectivity index (χ2n) is 3.83. The van der Waals surface area contributed by atoms with Gasteiger partial charge < -0.3 is 15.2 Å². The smallest absolute Gasteiger partial charge is 0.404 e. The molecule has 2 N–H and O–H groups in total. The zero-order valence-electron chi connectivity index (χ0n) is 9.11. The summed E-state index contributed by atoms with van der Waals surface area (Å²) >= 11 is 0. The maximum atomic E-state index is 10.4. The molecule has 0 radical (unpaired) electrons. The quantitative estimate of drug-likeness (QED) is 0.703. The monoisotopic (exact) mass is 213 g/mol. The molecule has 86 valence electrons. The number of allylic oxidation sites excluding steroid dienone is 1. The maximum Gasteiger partial charge on any atom is 0.404 e. The second-order valence-corrected chi connectivity index (χ2v) is 3.83. The molecule has 1 rings (SSSR count). The van der Waals surface area contributed by atoms with E-state index in [2.05, 4.69) is 5.32 Å². The Labute approximate surface area is 90.3 Å². The van der Waals surface area contributed by atoms with Crippen molar-refractivity contribution >= 4 is 6.09 Å². The Morgan fingerprint density at radius 2 is 2.13 bits per heavy atom. The van der Waals surface area contributed by atoms with Crippen LogP contribution < -0.4 is 5.32 Å². The van der Waals surface area contributed by atoms with E-state index in [0.717, 1.165) is 25.7 Å². The lowest BCUT2D eigenvalue weighted by Gasteiger charge is -2.28. The van der Waals surface area contributed by atoms with Gasteiger partial charge in [0.1, 0.15) is 0 Å². The third-order valence-electron chi connectivity index (χ3n) is 2.67. The van der Waals surface area contributed by atoms with Crippen LogP contribution in [0.4, 0.5) is 4.79 Å². The largest absolute Gasteiger partial charge is 0.465 e. The minimum absolute atomic E-state index is 0.115. The number of rotatable bonds is 4. The van der Waals surface area contributed by atoms with E-state index in [-0.39, 0.29) is 6.04 Å². The van der Waals surface area contributed by atoms with Gasteiger partial charge in [0.15, 0.2) is 0 Å². The van der Waals surface area contributed by atoms with Gasteiger partial charge in [-0.05, 0) is 32.6 Å². The van der Waals surface area contributed by atoms with Crippen LogP contribution in [0.1, 0.15) is 32.6 Å². The summed E-state index contributed by atoms with van der Waals surface area (Å²) in [5, 5.41) is 11.1. The summed E-state index contributed by atoms with van der Waals surface area (Å²) in [6.45, 7) is 2.63. The Hall–Kier alpha value is -1.03. The summed E-state index contributed by atoms with van der Waals surface area (Å²) < 4.78 is 5.61. The van der Waals surface area contributed by atoms with E-state index in [0.29, 0.717) is 12.7 Å². The van der Waals surface area contributed by atoms with Crippen molar-refractivity contribution in [3.63, 3.8) is 0 Å². The molecule has 0 spiro atoms. The molecule has 0 aromatic rings. The molecule has 1 saturated carbocycles. The molecule has 4 heteroatoms. The predicted octanol–water partition coefficient (Wildman–Crippen LogP) is 2.16. The summed E-state index contributed by atoms with van der Waals surface area (Å²) in [4.78, 5) is 10.4. The highest BCUT2D eigenvalue weighted by Gasteiger charge is 2.22. The van der Waals surface area contributed by atoms with Gasteiger partial charge in [-0.2, -0.15) is 0 Å². The Kier molecular flexibility index (Phi) is 5.18. The molecule has 1 aliphatic carbocycles. The van der Waals surface area contributed by atoms with Crippen molar-refractivity contribution in [3.05, 3.63) is 12.2 Å². The average Bonchev–Trinajstić information content (AvgIpc) is 2.20. The molecule has 15 heavy (non-hydrogen) atoms. The standard InChI is InChI=1S/C11H19NO3/c1-2-3-8-15-10-6-4-9(5-7-10)12-11(13)14/h2-3,9-10,12H,4-8H2,1H3,(H,13,14)/t9-,10-. The topological polar surface area (TPSA) is 58.6 Å². The number of nitrogens with one attached hydrogen (secondary N) is 1. The lowest BCUT2D eigenvalue weighted by molar-refractivity contribution is 0.0396. The molecule has 0 bridgehead atoms. The van der Waals surface area contributed by atoms with Crippen LogP contribution in [0, 0.1) is 0 Å². The zero-order valence-corrected chi connectivity index (χ0v) is 9.11. The number of hydrogen-bond donors (Lipinski definition) is 2. The molecule has 1 amide bonds. The first-order chi connectivity index (χ1) is 7.22. The van der Waals surface area contributed by atoms with E-state index in [1.807, 2.05) is 19.1 Å². The molecule has 0 aliphatic heterocycles. The lowest BCUT2D eigenvalue weighted by atomic mass is 9.93. The fourth-order valence-electron chi connectivity index (χ4n) is 1.84. The molecule has 0 saturated heterocycles. The Bertz CT molecular complexity index is 220. The van der Waals surface area contributed by atoms with Crippen LogP contribution in [-0.4, -0.2) is 30.0 Å². The van der Waals surface area contributed by atoms with Crippen molar-refractivity contribution in [3.8, 4) is 0 Å². The minimum atomic E-state index is -0.923. The van der Waals surface area contributed by atoms with Gasteiger partial charge in [0.05, 0.1) is 12.7 Å². The highest BCUT2D eigenvalue weighted by atomic mass is 16.5. The van der Waals surface area contributed by atoms with Gasteiger partial charge in [-0.3, -0.25) is 0 Å². The van der Waals surface area contributed by atoms with Gasteiger partial charge in [-0.25, -0.2) is 4.79 Å². The summed E-state index contributed by atoms with van der Waals surface area (Å²) in [7, 11) is 0. The van der Waals surface area contributed by atoms with Crippen LogP contribution in [-0.2, 0) is 4.74 Å². The van der Waals surface area contributed by atoms with Crippen LogP contribution >= 0.6 is 0 Å². The average molecular weight is 213 g/mol. The maximum absolute atomic E-state index is 10.4. The van der Waals surface area contributed by atoms with Crippen molar-refractivity contribution in [2.24, 2.45) is 0 Å². The van der Waals surface area contributed by atoms with Crippen molar-refractivity contribution < 1.29 is 14.6 Å². The zero-order chi connectivity index (χ0) is 11.1. The number of ether oxygens (including phenoxy) is 1. The van der Waals surface area contributed by atoms with Crippen molar-refractivity contribution in [2.75, 3.05) is 6.61 Å². The second kappa shape index (κ2) is 6.45. The summed E-state index contributed by atoms with van der Waals surface area (Å²) in [5.41, 5.74) is 0. The van der Waals surface area contributed by atoms with Gasteiger partial charge >= 0.3 is 6.09 Å².